The highest BCUT2D eigenvalue weighted by atomic mass is 19.1. The largest absolute Gasteiger partial charge is 0.465 e. The molecule has 33 heavy (non-hydrogen) atoms. The van der Waals surface area contributed by atoms with E-state index in [9.17, 15) is 14.0 Å². The lowest BCUT2D eigenvalue weighted by Gasteiger charge is -2.18. The summed E-state index contributed by atoms with van der Waals surface area (Å²) in [5.41, 5.74) is 2.48. The molecule has 0 spiro atoms. The lowest BCUT2D eigenvalue weighted by atomic mass is 10.1. The monoisotopic (exact) mass is 446 g/mol. The third kappa shape index (κ3) is 3.98. The Labute approximate surface area is 187 Å². The number of carboxylic acid groups (broad SMARTS) is 1. The summed E-state index contributed by atoms with van der Waals surface area (Å²) >= 11 is 0. The van der Waals surface area contributed by atoms with Crippen molar-refractivity contribution in [2.24, 2.45) is 0 Å². The van der Waals surface area contributed by atoms with E-state index < -0.39 is 11.6 Å². The van der Waals surface area contributed by atoms with Gasteiger partial charge in [-0.3, -0.25) is 14.8 Å². The van der Waals surface area contributed by atoms with Gasteiger partial charge in [0.2, 0.25) is 0 Å². The maximum atomic E-state index is 13.3. The molecule has 2 amide bonds. The first-order valence-corrected chi connectivity index (χ1v) is 10.3. The number of aromatic nitrogens is 4. The lowest BCUT2D eigenvalue weighted by Crippen LogP contribution is -2.35. The normalized spacial score (nSPS) is 14.1. The number of carbonyl (C=O) groups is 2. The number of halogens is 1. The van der Waals surface area contributed by atoms with Crippen molar-refractivity contribution in [3.05, 3.63) is 83.8 Å². The molecule has 0 saturated heterocycles. The summed E-state index contributed by atoms with van der Waals surface area (Å²) < 4.78 is 14.9. The Morgan fingerprint density at radius 2 is 1.91 bits per heavy atom. The Morgan fingerprint density at radius 1 is 1.12 bits per heavy atom. The van der Waals surface area contributed by atoms with Gasteiger partial charge in [-0.15, -0.1) is 0 Å². The number of hydrogen-bond donors (Lipinski definition) is 3. The molecule has 1 aliphatic carbocycles. The van der Waals surface area contributed by atoms with Crippen LogP contribution in [0.2, 0.25) is 0 Å². The van der Waals surface area contributed by atoms with E-state index in [1.165, 1.54) is 18.3 Å². The summed E-state index contributed by atoms with van der Waals surface area (Å²) in [4.78, 5) is 32.6. The highest BCUT2D eigenvalue weighted by Crippen LogP contribution is 2.45. The smallest absolute Gasteiger partial charge is 0.404 e. The number of nitrogens with one attached hydrogen (secondary N) is 2. The van der Waals surface area contributed by atoms with Crippen molar-refractivity contribution < 1.29 is 19.1 Å². The molecule has 3 heterocycles. The van der Waals surface area contributed by atoms with Crippen molar-refractivity contribution in [3.63, 3.8) is 0 Å². The molecule has 0 radical (unpaired) electrons. The molecule has 3 N–H and O–H groups in total. The van der Waals surface area contributed by atoms with Crippen LogP contribution in [0.15, 0.2) is 61.2 Å². The quantitative estimate of drug-likeness (QED) is 0.418. The van der Waals surface area contributed by atoms with Gasteiger partial charge in [0.05, 0.1) is 40.4 Å². The molecule has 0 atom stereocenters. The lowest BCUT2D eigenvalue weighted by molar-refractivity contribution is 0.0931. The van der Waals surface area contributed by atoms with Crippen LogP contribution in [0.5, 0.6) is 0 Å². The van der Waals surface area contributed by atoms with Crippen molar-refractivity contribution in [3.8, 4) is 5.69 Å². The first-order valence-electron chi connectivity index (χ1n) is 10.3. The minimum atomic E-state index is -1.11. The first-order chi connectivity index (χ1) is 15.9. The molecular formula is C23H19FN6O3. The molecule has 0 bridgehead atoms. The standard InChI is InChI=1S/C23H19FN6O3/c24-15-1-3-16(4-2-15)30-19-13-25-11-18(17(19)12-28-30)21(31)29-23(6-7-23)20-9-14(5-8-26-20)10-27-22(32)33/h1-5,8-9,11-13,27H,6-7,10H2,(H,29,31)(H,32,33). The van der Waals surface area contributed by atoms with Crippen LogP contribution in [0, 0.1) is 5.82 Å². The molecule has 1 aliphatic rings. The van der Waals surface area contributed by atoms with Gasteiger partial charge in [-0.05, 0) is 54.8 Å². The van der Waals surface area contributed by atoms with E-state index in [1.807, 2.05) is 0 Å². The Morgan fingerprint density at radius 3 is 2.64 bits per heavy atom. The molecule has 5 rings (SSSR count). The average Bonchev–Trinajstić information content (AvgIpc) is 3.47. The van der Waals surface area contributed by atoms with E-state index in [0.29, 0.717) is 27.8 Å². The molecule has 1 aromatic carbocycles. The summed E-state index contributed by atoms with van der Waals surface area (Å²) in [6.45, 7) is 0.153. The third-order valence-electron chi connectivity index (χ3n) is 5.67. The van der Waals surface area contributed by atoms with Crippen molar-refractivity contribution in [2.45, 2.75) is 24.9 Å². The summed E-state index contributed by atoms with van der Waals surface area (Å²) in [5.74, 6) is -0.653. The van der Waals surface area contributed by atoms with Crippen LogP contribution < -0.4 is 10.6 Å². The number of hydrogen-bond acceptors (Lipinski definition) is 5. The predicted molar refractivity (Wildman–Crippen MR) is 116 cm³/mol. The van der Waals surface area contributed by atoms with Crippen LogP contribution in [0.4, 0.5) is 9.18 Å². The zero-order chi connectivity index (χ0) is 23.0. The maximum Gasteiger partial charge on any atom is 0.404 e. The first kappa shape index (κ1) is 20.6. The van der Waals surface area contributed by atoms with Gasteiger partial charge < -0.3 is 15.7 Å². The second-order valence-corrected chi connectivity index (χ2v) is 7.90. The summed E-state index contributed by atoms with van der Waals surface area (Å²) in [6.07, 6.45) is 6.63. The molecular weight excluding hydrogens is 427 g/mol. The van der Waals surface area contributed by atoms with Gasteiger partial charge in [0.15, 0.2) is 0 Å². The van der Waals surface area contributed by atoms with Gasteiger partial charge in [0.25, 0.3) is 5.91 Å². The van der Waals surface area contributed by atoms with Crippen molar-refractivity contribution >= 4 is 22.9 Å². The van der Waals surface area contributed by atoms with Crippen LogP contribution in [0.25, 0.3) is 16.6 Å². The molecule has 1 fully saturated rings. The van der Waals surface area contributed by atoms with Crippen molar-refractivity contribution in [1.29, 1.82) is 0 Å². The minimum Gasteiger partial charge on any atom is -0.465 e. The Hall–Kier alpha value is -4.34. The number of amides is 2. The predicted octanol–water partition coefficient (Wildman–Crippen LogP) is 3.14. The van der Waals surface area contributed by atoms with Crippen LogP contribution in [0.3, 0.4) is 0 Å². The van der Waals surface area contributed by atoms with E-state index in [4.69, 9.17) is 5.11 Å². The SMILES string of the molecule is O=C(O)NCc1ccnc(C2(NC(=O)c3cncc4c3cnn4-c3ccc(F)cc3)CC2)c1. The van der Waals surface area contributed by atoms with Crippen LogP contribution >= 0.6 is 0 Å². The highest BCUT2D eigenvalue weighted by molar-refractivity contribution is 6.06. The van der Waals surface area contributed by atoms with Gasteiger partial charge in [-0.2, -0.15) is 5.10 Å². The van der Waals surface area contributed by atoms with E-state index >= 15 is 0 Å². The Kier molecular flexibility index (Phi) is 4.97. The van der Waals surface area contributed by atoms with E-state index in [-0.39, 0.29) is 18.3 Å². The fraction of sp³-hybridized carbons (Fsp3) is 0.174. The number of rotatable bonds is 6. The van der Waals surface area contributed by atoms with Gasteiger partial charge in [-0.25, -0.2) is 13.9 Å². The Bertz CT molecular complexity index is 1360. The topological polar surface area (TPSA) is 122 Å². The zero-order valence-electron chi connectivity index (χ0n) is 17.3. The molecule has 1 saturated carbocycles. The number of fused-ring (bicyclic) bond motifs is 1. The third-order valence-corrected chi connectivity index (χ3v) is 5.67. The molecule has 3 aromatic heterocycles. The summed E-state index contributed by atoms with van der Waals surface area (Å²) in [6, 6.07) is 9.42. The zero-order valence-corrected chi connectivity index (χ0v) is 17.3. The van der Waals surface area contributed by atoms with E-state index in [1.54, 1.807) is 47.5 Å². The van der Waals surface area contributed by atoms with Gasteiger partial charge in [-0.1, -0.05) is 0 Å². The second kappa shape index (κ2) is 7.97. The van der Waals surface area contributed by atoms with E-state index in [0.717, 1.165) is 18.4 Å². The number of benzene rings is 1. The molecule has 166 valence electrons. The van der Waals surface area contributed by atoms with Crippen LogP contribution in [-0.2, 0) is 12.1 Å². The molecule has 4 aromatic rings. The second-order valence-electron chi connectivity index (χ2n) is 7.90. The minimum absolute atomic E-state index is 0.153. The number of carbonyl (C=O) groups excluding carboxylic acids is 1. The summed E-state index contributed by atoms with van der Waals surface area (Å²) in [7, 11) is 0. The fourth-order valence-corrected chi connectivity index (χ4v) is 3.79. The summed E-state index contributed by atoms with van der Waals surface area (Å²) in [5, 5.41) is 19.2. The molecule has 0 aliphatic heterocycles. The van der Waals surface area contributed by atoms with Crippen molar-refractivity contribution in [2.75, 3.05) is 0 Å². The van der Waals surface area contributed by atoms with Gasteiger partial charge in [0.1, 0.15) is 5.82 Å². The number of pyridine rings is 2. The van der Waals surface area contributed by atoms with Gasteiger partial charge >= 0.3 is 6.09 Å². The van der Waals surface area contributed by atoms with Crippen LogP contribution in [-0.4, -0.2) is 36.9 Å². The number of nitrogens with zero attached hydrogens (tertiary/aromatic N) is 4. The van der Waals surface area contributed by atoms with Crippen LogP contribution in [0.1, 0.15) is 34.5 Å². The van der Waals surface area contributed by atoms with E-state index in [2.05, 4.69) is 25.7 Å². The molecule has 9 nitrogen and oxygen atoms in total. The van der Waals surface area contributed by atoms with Crippen molar-refractivity contribution in [1.82, 2.24) is 30.4 Å². The average molecular weight is 446 g/mol. The molecule has 0 unspecified atom stereocenters. The Balaban J connectivity index is 1.41. The molecule has 10 heteroatoms. The fourth-order valence-electron chi connectivity index (χ4n) is 3.79. The maximum absolute atomic E-state index is 13.3. The highest BCUT2D eigenvalue weighted by Gasteiger charge is 2.47. The van der Waals surface area contributed by atoms with Gasteiger partial charge in [0, 0.05) is 24.3 Å².